The van der Waals surface area contributed by atoms with Crippen molar-refractivity contribution in [1.29, 1.82) is 0 Å². The van der Waals surface area contributed by atoms with Crippen LogP contribution in [-0.4, -0.2) is 21.1 Å². The molecule has 0 saturated carbocycles. The van der Waals surface area contributed by atoms with Crippen LogP contribution in [0.4, 0.5) is 0 Å². The third-order valence-corrected chi connectivity index (χ3v) is 4.45. The smallest absolute Gasteiger partial charge is 0.306 e. The Labute approximate surface area is 179 Å². The van der Waals surface area contributed by atoms with Crippen LogP contribution in [-0.2, 0) is 22.6 Å². The number of hydrogen-bond acceptors (Lipinski definition) is 7. The van der Waals surface area contributed by atoms with Crippen LogP contribution in [0.5, 0.6) is 11.6 Å². The molecule has 0 atom stereocenters. The summed E-state index contributed by atoms with van der Waals surface area (Å²) in [5.41, 5.74) is 2.74. The number of carbonyl (C=O) groups excluding carboxylic acids is 1. The third kappa shape index (κ3) is 5.76. The summed E-state index contributed by atoms with van der Waals surface area (Å²) < 4.78 is 16.3. The number of carbonyl (C=O) groups is 1. The van der Waals surface area contributed by atoms with E-state index in [1.54, 1.807) is 6.20 Å². The number of benzene rings is 2. The number of aryl methyl sites for hydroxylation is 2. The van der Waals surface area contributed by atoms with Crippen molar-refractivity contribution in [3.63, 3.8) is 0 Å². The first-order chi connectivity index (χ1) is 15.2. The quantitative estimate of drug-likeness (QED) is 0.378. The zero-order valence-electron chi connectivity index (χ0n) is 17.0. The molecule has 7 nitrogen and oxygen atoms in total. The Balaban J connectivity index is 1.33. The van der Waals surface area contributed by atoms with Gasteiger partial charge in [0.25, 0.3) is 0 Å². The third-order valence-electron chi connectivity index (χ3n) is 4.45. The van der Waals surface area contributed by atoms with Crippen LogP contribution in [0.2, 0.25) is 0 Å². The lowest BCUT2D eigenvalue weighted by molar-refractivity contribution is -0.145. The van der Waals surface area contributed by atoms with Gasteiger partial charge in [0.05, 0.1) is 6.42 Å². The fourth-order valence-corrected chi connectivity index (χ4v) is 2.83. The predicted molar refractivity (Wildman–Crippen MR) is 113 cm³/mol. The number of esters is 1. The molecule has 0 unspecified atom stereocenters. The first-order valence-electron chi connectivity index (χ1n) is 9.89. The first-order valence-corrected chi connectivity index (χ1v) is 9.89. The van der Waals surface area contributed by atoms with Crippen LogP contribution in [0.1, 0.15) is 23.4 Å². The zero-order valence-corrected chi connectivity index (χ0v) is 17.0. The molecule has 0 N–H and O–H groups in total. The van der Waals surface area contributed by atoms with Gasteiger partial charge in [0.1, 0.15) is 12.4 Å². The Hall–Kier alpha value is -4.00. The maximum atomic E-state index is 12.0. The lowest BCUT2D eigenvalue weighted by Crippen LogP contribution is -2.06. The van der Waals surface area contributed by atoms with Gasteiger partial charge < -0.3 is 14.0 Å². The van der Waals surface area contributed by atoms with E-state index in [0.717, 1.165) is 16.7 Å². The van der Waals surface area contributed by atoms with Crippen LogP contribution in [0.3, 0.4) is 0 Å². The zero-order chi connectivity index (χ0) is 21.5. The molecule has 2 aromatic heterocycles. The lowest BCUT2D eigenvalue weighted by atomic mass is 10.2. The van der Waals surface area contributed by atoms with E-state index in [9.17, 15) is 4.79 Å². The molecule has 156 valence electrons. The van der Waals surface area contributed by atoms with Gasteiger partial charge >= 0.3 is 5.97 Å². The molecule has 0 aliphatic rings. The highest BCUT2D eigenvalue weighted by Crippen LogP contribution is 2.25. The molecule has 4 rings (SSSR count). The highest BCUT2D eigenvalue weighted by atomic mass is 16.5. The molecule has 2 aromatic carbocycles. The predicted octanol–water partition coefficient (Wildman–Crippen LogP) is 4.91. The second kappa shape index (κ2) is 9.67. The second-order valence-corrected chi connectivity index (χ2v) is 6.96. The number of aromatic nitrogens is 3. The molecule has 0 aliphatic heterocycles. The largest absolute Gasteiger partial charge is 0.461 e. The van der Waals surface area contributed by atoms with Crippen LogP contribution in [0, 0.1) is 6.92 Å². The van der Waals surface area contributed by atoms with Gasteiger partial charge in [0, 0.05) is 24.2 Å². The molecule has 0 spiro atoms. The van der Waals surface area contributed by atoms with Gasteiger partial charge in [0.2, 0.25) is 17.6 Å². The van der Waals surface area contributed by atoms with Crippen molar-refractivity contribution in [2.24, 2.45) is 0 Å². The van der Waals surface area contributed by atoms with E-state index in [-0.39, 0.29) is 19.0 Å². The van der Waals surface area contributed by atoms with E-state index < -0.39 is 0 Å². The summed E-state index contributed by atoms with van der Waals surface area (Å²) in [6.07, 6.45) is 2.22. The molecule has 0 aliphatic carbocycles. The topological polar surface area (TPSA) is 87.3 Å². The molecular formula is C24H21N3O4. The fraction of sp³-hybridized carbons (Fsp3) is 0.167. The van der Waals surface area contributed by atoms with Crippen LogP contribution >= 0.6 is 0 Å². The Kier molecular flexibility index (Phi) is 6.32. The summed E-state index contributed by atoms with van der Waals surface area (Å²) in [7, 11) is 0. The monoisotopic (exact) mass is 415 g/mol. The highest BCUT2D eigenvalue weighted by molar-refractivity contribution is 5.69. The molecule has 4 aromatic rings. The van der Waals surface area contributed by atoms with Gasteiger partial charge in [-0.2, -0.15) is 4.98 Å². The van der Waals surface area contributed by atoms with Crippen LogP contribution < -0.4 is 4.74 Å². The molecule has 0 fully saturated rings. The van der Waals surface area contributed by atoms with Gasteiger partial charge in [-0.1, -0.05) is 53.7 Å². The number of hydrogen-bond donors (Lipinski definition) is 0. The fourth-order valence-electron chi connectivity index (χ4n) is 2.83. The van der Waals surface area contributed by atoms with Crippen LogP contribution in [0.25, 0.3) is 11.4 Å². The number of nitrogens with zero attached hydrogens (tertiary/aromatic N) is 3. The minimum atomic E-state index is -0.315. The highest BCUT2D eigenvalue weighted by Gasteiger charge is 2.12. The normalized spacial score (nSPS) is 10.6. The molecule has 0 amide bonds. The molecular weight excluding hydrogens is 394 g/mol. The number of ether oxygens (including phenoxy) is 2. The van der Waals surface area contributed by atoms with Gasteiger partial charge in [-0.05, 0) is 30.2 Å². The Morgan fingerprint density at radius 2 is 1.90 bits per heavy atom. The van der Waals surface area contributed by atoms with Gasteiger partial charge in [-0.25, -0.2) is 4.98 Å². The van der Waals surface area contributed by atoms with Crippen molar-refractivity contribution in [1.82, 2.24) is 15.1 Å². The van der Waals surface area contributed by atoms with E-state index in [1.807, 2.05) is 73.7 Å². The van der Waals surface area contributed by atoms with Crippen molar-refractivity contribution in [3.8, 4) is 23.0 Å². The Morgan fingerprint density at radius 1 is 1.03 bits per heavy atom. The van der Waals surface area contributed by atoms with Gasteiger partial charge in [-0.15, -0.1) is 0 Å². The standard InChI is InChI=1S/C24H21N3O4/c1-17-10-11-21(25-15-17)30-20-9-5-8-19(14-20)24-26-22(31-27-24)12-13-23(28)29-16-18-6-3-2-4-7-18/h2-11,14-15H,12-13,16H2,1H3. The SMILES string of the molecule is Cc1ccc(Oc2cccc(-c3noc(CCC(=O)OCc4ccccc4)n3)c2)nc1. The average molecular weight is 415 g/mol. The summed E-state index contributed by atoms with van der Waals surface area (Å²) in [6, 6.07) is 20.6. The van der Waals surface area contributed by atoms with Crippen molar-refractivity contribution in [3.05, 3.63) is 89.9 Å². The Bertz CT molecular complexity index is 1140. The second-order valence-electron chi connectivity index (χ2n) is 6.96. The molecule has 0 saturated heterocycles. The van der Waals surface area contributed by atoms with E-state index in [2.05, 4.69) is 15.1 Å². The minimum absolute atomic E-state index is 0.163. The molecule has 0 bridgehead atoms. The summed E-state index contributed by atoms with van der Waals surface area (Å²) >= 11 is 0. The number of pyridine rings is 1. The molecule has 7 heteroatoms. The number of rotatable bonds is 8. The molecule has 0 radical (unpaired) electrons. The lowest BCUT2D eigenvalue weighted by Gasteiger charge is -2.05. The molecule has 31 heavy (non-hydrogen) atoms. The maximum Gasteiger partial charge on any atom is 0.306 e. The van der Waals surface area contributed by atoms with E-state index in [4.69, 9.17) is 14.0 Å². The minimum Gasteiger partial charge on any atom is -0.461 e. The van der Waals surface area contributed by atoms with Crippen molar-refractivity contribution in [2.75, 3.05) is 0 Å². The maximum absolute atomic E-state index is 12.0. The average Bonchev–Trinajstić information content (AvgIpc) is 3.28. The Morgan fingerprint density at radius 3 is 2.71 bits per heavy atom. The molecule has 2 heterocycles. The summed E-state index contributed by atoms with van der Waals surface area (Å²) in [5, 5.41) is 4.01. The van der Waals surface area contributed by atoms with Crippen molar-refractivity contribution >= 4 is 5.97 Å². The van der Waals surface area contributed by atoms with Crippen molar-refractivity contribution < 1.29 is 18.8 Å². The van der Waals surface area contributed by atoms with Crippen molar-refractivity contribution in [2.45, 2.75) is 26.4 Å². The van der Waals surface area contributed by atoms with Gasteiger partial charge in [-0.3, -0.25) is 4.79 Å². The summed E-state index contributed by atoms with van der Waals surface area (Å²) in [5.74, 6) is 1.60. The van der Waals surface area contributed by atoms with E-state index in [1.165, 1.54) is 0 Å². The summed E-state index contributed by atoms with van der Waals surface area (Å²) in [4.78, 5) is 20.6. The van der Waals surface area contributed by atoms with Crippen LogP contribution in [0.15, 0.2) is 77.4 Å². The van der Waals surface area contributed by atoms with E-state index >= 15 is 0 Å². The first kappa shape index (κ1) is 20.3. The summed E-state index contributed by atoms with van der Waals surface area (Å²) in [6.45, 7) is 2.21. The van der Waals surface area contributed by atoms with Gasteiger partial charge in [0.15, 0.2) is 0 Å². The van der Waals surface area contributed by atoms with E-state index in [0.29, 0.717) is 29.8 Å².